The van der Waals surface area contributed by atoms with Crippen LogP contribution >= 0.6 is 11.6 Å². The van der Waals surface area contributed by atoms with Crippen LogP contribution in [0.4, 0.5) is 11.4 Å². The number of pyridine rings is 1. The van der Waals surface area contributed by atoms with Crippen LogP contribution in [0.15, 0.2) is 58.5 Å². The summed E-state index contributed by atoms with van der Waals surface area (Å²) in [5.41, 5.74) is 8.45. The second-order valence-corrected chi connectivity index (χ2v) is 10.8. The van der Waals surface area contributed by atoms with Gasteiger partial charge in [0.25, 0.3) is 0 Å². The van der Waals surface area contributed by atoms with Crippen molar-refractivity contribution in [3.8, 4) is 0 Å². The van der Waals surface area contributed by atoms with Gasteiger partial charge in [-0.05, 0) is 58.1 Å². The van der Waals surface area contributed by atoms with E-state index in [1.54, 1.807) is 0 Å². The maximum absolute atomic E-state index is 6.48. The Morgan fingerprint density at radius 2 is 0.872 bits per heavy atom. The van der Waals surface area contributed by atoms with Gasteiger partial charge in [0, 0.05) is 23.6 Å². The van der Waals surface area contributed by atoms with Gasteiger partial charge in [0.05, 0.1) is 35.2 Å². The zero-order valence-electron chi connectivity index (χ0n) is 23.9. The summed E-state index contributed by atoms with van der Waals surface area (Å²) >= 11 is 6.48. The summed E-state index contributed by atoms with van der Waals surface area (Å²) in [4.78, 5) is 14.6. The van der Waals surface area contributed by atoms with Crippen LogP contribution in [-0.2, 0) is 18.6 Å². The van der Waals surface area contributed by atoms with Crippen molar-refractivity contribution in [2.45, 2.75) is 79.1 Å². The summed E-state index contributed by atoms with van der Waals surface area (Å²) in [5, 5.41) is 0.616. The fourth-order valence-corrected chi connectivity index (χ4v) is 4.48. The summed E-state index contributed by atoms with van der Waals surface area (Å²) in [5.74, 6) is 1.53. The van der Waals surface area contributed by atoms with Gasteiger partial charge in [-0.1, -0.05) is 103 Å². The van der Waals surface area contributed by atoms with E-state index in [4.69, 9.17) is 26.6 Å². The van der Waals surface area contributed by atoms with Crippen LogP contribution in [0, 0.1) is 0 Å². The summed E-state index contributed by atoms with van der Waals surface area (Å²) in [6, 6.07) is 16.6. The van der Waals surface area contributed by atoms with E-state index in [2.05, 4.69) is 91.8 Å². The van der Waals surface area contributed by atoms with Gasteiger partial charge >= 0.3 is 0 Å². The van der Waals surface area contributed by atoms with Gasteiger partial charge in [-0.15, -0.1) is 0 Å². The third kappa shape index (κ3) is 10.5. The topological polar surface area (TPSA) is 37.6 Å². The molecule has 2 aromatic carbocycles. The molecule has 8 heteroatoms. The molecule has 1 heterocycles. The third-order valence-corrected chi connectivity index (χ3v) is 6.38. The van der Waals surface area contributed by atoms with Crippen LogP contribution in [-0.4, -0.2) is 17.4 Å². The van der Waals surface area contributed by atoms with Gasteiger partial charge < -0.3 is 37.2 Å². The molecule has 0 N–H and O–H groups in total. The molecule has 3 rings (SSSR count). The van der Waals surface area contributed by atoms with Crippen LogP contribution in [0.5, 0.6) is 0 Å². The SMILES string of the molecule is CC(C)c1cccc(C(C)C)c1N=Cc1cc(Cl)cc(C=Nc2c(C(C)C)cccc2C(C)C)n1.[Cl-].[Cl-].[Cl-].[V]. The van der Waals surface area contributed by atoms with Gasteiger partial charge in [-0.25, -0.2) is 4.98 Å². The summed E-state index contributed by atoms with van der Waals surface area (Å²) in [6.07, 6.45) is 3.63. The van der Waals surface area contributed by atoms with Crippen molar-refractivity contribution in [2.24, 2.45) is 9.98 Å². The van der Waals surface area contributed by atoms with Crippen LogP contribution in [0.3, 0.4) is 0 Å². The molecule has 213 valence electrons. The average Bonchev–Trinajstić information content (AvgIpc) is 2.80. The van der Waals surface area contributed by atoms with Gasteiger partial charge in [0.1, 0.15) is 0 Å². The smallest absolute Gasteiger partial charge is 0.0835 e. The molecule has 0 bridgehead atoms. The van der Waals surface area contributed by atoms with Crippen molar-refractivity contribution in [3.63, 3.8) is 0 Å². The minimum Gasteiger partial charge on any atom is -1.00 e. The van der Waals surface area contributed by atoms with E-state index in [9.17, 15) is 0 Å². The maximum atomic E-state index is 6.48. The summed E-state index contributed by atoms with van der Waals surface area (Å²) in [6.45, 7) is 17.6. The maximum Gasteiger partial charge on any atom is 0.0835 e. The van der Waals surface area contributed by atoms with Crippen LogP contribution in [0.2, 0.25) is 5.02 Å². The van der Waals surface area contributed by atoms with Gasteiger partial charge in [-0.3, -0.25) is 9.98 Å². The fourth-order valence-electron chi connectivity index (χ4n) is 4.25. The Bertz CT molecular complexity index is 1090. The molecule has 0 saturated carbocycles. The van der Waals surface area contributed by atoms with E-state index in [1.165, 1.54) is 22.3 Å². The van der Waals surface area contributed by atoms with Crippen LogP contribution in [0.25, 0.3) is 0 Å². The molecule has 0 aliphatic rings. The first-order valence-corrected chi connectivity index (χ1v) is 13.0. The largest absolute Gasteiger partial charge is 1.00 e. The van der Waals surface area contributed by atoms with E-state index in [1.807, 2.05) is 24.6 Å². The Morgan fingerprint density at radius 3 is 1.13 bits per heavy atom. The minimum atomic E-state index is 0. The molecule has 0 saturated heterocycles. The zero-order chi connectivity index (χ0) is 25.7. The van der Waals surface area contributed by atoms with Gasteiger partial charge in [-0.2, -0.15) is 0 Å². The van der Waals surface area contributed by atoms with Crippen molar-refractivity contribution < 1.29 is 55.8 Å². The molecule has 0 aliphatic heterocycles. The number of nitrogens with zero attached hydrogens (tertiary/aromatic N) is 3. The van der Waals surface area contributed by atoms with Crippen molar-refractivity contribution >= 4 is 35.4 Å². The molecule has 0 aliphatic carbocycles. The Balaban J connectivity index is 0. The Labute approximate surface area is 270 Å². The van der Waals surface area contributed by atoms with Crippen molar-refractivity contribution in [2.75, 3.05) is 0 Å². The molecule has 39 heavy (non-hydrogen) atoms. The Hall–Kier alpha value is -1.33. The normalized spacial score (nSPS) is 11.1. The number of rotatable bonds is 8. The molecule has 1 aromatic heterocycles. The van der Waals surface area contributed by atoms with Crippen LogP contribution < -0.4 is 37.2 Å². The predicted octanol–water partition coefficient (Wildman–Crippen LogP) is 0.739. The molecular weight excluding hydrogens is 607 g/mol. The van der Waals surface area contributed by atoms with Gasteiger partial charge in [0.15, 0.2) is 0 Å². The number of benzene rings is 2. The van der Waals surface area contributed by atoms with E-state index in [0.717, 1.165) is 11.4 Å². The van der Waals surface area contributed by atoms with E-state index < -0.39 is 0 Å². The quantitative estimate of drug-likeness (QED) is 0.334. The molecule has 3 aromatic rings. The van der Waals surface area contributed by atoms with E-state index in [0.29, 0.717) is 40.1 Å². The second-order valence-electron chi connectivity index (χ2n) is 10.3. The molecule has 0 spiro atoms. The molecular formula is C31H38Cl4N3V-3. The van der Waals surface area contributed by atoms with Crippen molar-refractivity contribution in [1.29, 1.82) is 0 Å². The number of aliphatic imine (C=N–C) groups is 2. The molecule has 0 amide bonds. The minimum absolute atomic E-state index is 0. The molecule has 0 atom stereocenters. The molecule has 3 nitrogen and oxygen atoms in total. The predicted molar refractivity (Wildman–Crippen MR) is 153 cm³/mol. The fraction of sp³-hybridized carbons (Fsp3) is 0.387. The van der Waals surface area contributed by atoms with Gasteiger partial charge in [0.2, 0.25) is 0 Å². The monoisotopic (exact) mass is 643 g/mol. The standard InChI is InChI=1S/C31H38ClN3.3ClH.V/c1-19(2)26-11-9-12-27(20(3)4)30(26)33-17-24-15-23(32)16-25(35-24)18-34-31-28(21(5)6)13-10-14-29(31)22(7)8;;;;/h9-22H,1-8H3;3*1H;/p-3. The number of aromatic nitrogens is 1. The van der Waals surface area contributed by atoms with Crippen molar-refractivity contribution in [3.05, 3.63) is 87.2 Å². The number of hydrogen-bond acceptors (Lipinski definition) is 3. The first-order chi connectivity index (χ1) is 16.6. The Morgan fingerprint density at radius 1 is 0.590 bits per heavy atom. The number of halogens is 4. The first kappa shape index (κ1) is 39.8. The van der Waals surface area contributed by atoms with E-state index >= 15 is 0 Å². The molecule has 0 fully saturated rings. The van der Waals surface area contributed by atoms with E-state index in [-0.39, 0.29) is 55.8 Å². The van der Waals surface area contributed by atoms with Crippen molar-refractivity contribution in [1.82, 2.24) is 4.98 Å². The van der Waals surface area contributed by atoms with Crippen LogP contribution in [0.1, 0.15) is 113 Å². The molecule has 0 unspecified atom stereocenters. The zero-order valence-corrected chi connectivity index (χ0v) is 28.3. The number of para-hydroxylation sites is 2. The first-order valence-electron chi connectivity index (χ1n) is 12.6. The molecule has 1 radical (unpaired) electrons. The summed E-state index contributed by atoms with van der Waals surface area (Å²) < 4.78 is 0. The summed E-state index contributed by atoms with van der Waals surface area (Å²) in [7, 11) is 0. The average molecular weight is 645 g/mol. The third-order valence-electron chi connectivity index (χ3n) is 6.17. The Kier molecular flexibility index (Phi) is 18.6. The second kappa shape index (κ2) is 18.2. The number of hydrogen-bond donors (Lipinski definition) is 0.